The molecule has 0 amide bonds. The number of rotatable bonds is 18. The van der Waals surface area contributed by atoms with Crippen molar-refractivity contribution in [2.24, 2.45) is 16.7 Å². The highest BCUT2D eigenvalue weighted by Gasteiger charge is 2.42. The van der Waals surface area contributed by atoms with E-state index in [9.17, 15) is 0 Å². The summed E-state index contributed by atoms with van der Waals surface area (Å²) in [6.07, 6.45) is 5.99. The van der Waals surface area contributed by atoms with Gasteiger partial charge in [0.25, 0.3) is 0 Å². The summed E-state index contributed by atoms with van der Waals surface area (Å²) in [6, 6.07) is 36.1. The van der Waals surface area contributed by atoms with E-state index in [1.165, 1.54) is 44.5 Å². The average molecular weight is 932 g/mol. The number of unbranched alkanes of at least 4 members (excludes halogenated alkanes) is 3. The van der Waals surface area contributed by atoms with E-state index in [1.807, 2.05) is 4.80 Å². The average Bonchev–Trinajstić information content (AvgIpc) is 3.68. The Balaban J connectivity index is 1.17. The van der Waals surface area contributed by atoms with Crippen molar-refractivity contribution in [2.75, 3.05) is 13.2 Å². The molecule has 5 aromatic carbocycles. The van der Waals surface area contributed by atoms with Gasteiger partial charge in [0.15, 0.2) is 0 Å². The number of nitrogens with zero attached hydrogens (tertiary/aromatic N) is 3. The van der Waals surface area contributed by atoms with Crippen LogP contribution in [-0.2, 0) is 41.0 Å². The lowest BCUT2D eigenvalue weighted by Crippen LogP contribution is -2.39. The fraction of sp³-hybridized carbons (Fsp3) is 0.531. The number of benzene rings is 5. The smallest absolute Gasteiger partial charge is 0.126 e. The standard InChI is InChI=1S/C64H89N3O2/c1-44(2)43-69-58-47(41-59(3,4)5)25-24-28-54(58)64(17,18)63(15,16)42-48-26-23-27-53(62(12,13)14)57(48)68-40-22-20-19-21-39-67-65-55-51(45-29-33-49(34-30-45)60(6,7)8)37-38-52(56(55)66-67)46-31-35-50(36-32-46)61(9,10)11/h23-38,44H,19-22,39-43H2,1-18H3. The molecule has 0 aliphatic carbocycles. The Morgan fingerprint density at radius 2 is 0.942 bits per heavy atom. The first-order valence-corrected chi connectivity index (χ1v) is 26.2. The summed E-state index contributed by atoms with van der Waals surface area (Å²) >= 11 is 0. The summed E-state index contributed by atoms with van der Waals surface area (Å²) in [5.74, 6) is 2.58. The van der Waals surface area contributed by atoms with Gasteiger partial charge in [0.05, 0.1) is 19.8 Å². The van der Waals surface area contributed by atoms with Crippen molar-refractivity contribution < 1.29 is 9.47 Å². The zero-order valence-electron chi connectivity index (χ0n) is 46.3. The van der Waals surface area contributed by atoms with E-state index in [-0.39, 0.29) is 32.5 Å². The molecule has 1 aromatic heterocycles. The number of hydrogen-bond donors (Lipinski definition) is 0. The number of aryl methyl sites for hydroxylation is 1. The van der Waals surface area contributed by atoms with E-state index < -0.39 is 0 Å². The minimum atomic E-state index is -0.198. The van der Waals surface area contributed by atoms with E-state index in [0.29, 0.717) is 19.1 Å². The van der Waals surface area contributed by atoms with Crippen molar-refractivity contribution in [1.82, 2.24) is 15.0 Å². The number of fused-ring (bicyclic) bond motifs is 1. The molecule has 0 bridgehead atoms. The van der Waals surface area contributed by atoms with Gasteiger partial charge in [0, 0.05) is 16.7 Å². The summed E-state index contributed by atoms with van der Waals surface area (Å²) in [5.41, 5.74) is 14.2. The fourth-order valence-corrected chi connectivity index (χ4v) is 9.54. The highest BCUT2D eigenvalue weighted by molar-refractivity contribution is 6.00. The highest BCUT2D eigenvalue weighted by atomic mass is 16.5. The molecule has 0 radical (unpaired) electrons. The van der Waals surface area contributed by atoms with Crippen LogP contribution in [0, 0.1) is 16.7 Å². The van der Waals surface area contributed by atoms with Gasteiger partial charge in [-0.1, -0.05) is 228 Å². The van der Waals surface area contributed by atoms with E-state index in [0.717, 1.165) is 78.7 Å². The van der Waals surface area contributed by atoms with Crippen molar-refractivity contribution in [3.8, 4) is 33.8 Å². The monoisotopic (exact) mass is 932 g/mol. The highest BCUT2D eigenvalue weighted by Crippen LogP contribution is 2.50. The molecule has 6 rings (SSSR count). The molecular formula is C64H89N3O2. The number of para-hydroxylation sites is 2. The topological polar surface area (TPSA) is 49.2 Å². The van der Waals surface area contributed by atoms with Gasteiger partial charge in [0.2, 0.25) is 0 Å². The SMILES string of the molecule is CC(C)COc1c(CC(C)(C)C)cccc1C(C)(C)C(C)(C)Cc1cccc(C(C)(C)C)c1OCCCCCCn1nc2c(-c3ccc(C(C)(C)C)cc3)ccc(-c3ccc(C(C)(C)C)cc3)c2n1. The summed E-state index contributed by atoms with van der Waals surface area (Å²) < 4.78 is 13.7. The van der Waals surface area contributed by atoms with Gasteiger partial charge in [-0.15, -0.1) is 0 Å². The third-order valence-electron chi connectivity index (χ3n) is 14.5. The van der Waals surface area contributed by atoms with Crippen LogP contribution in [0.1, 0.15) is 184 Å². The lowest BCUT2D eigenvalue weighted by atomic mass is 9.61. The largest absolute Gasteiger partial charge is 0.493 e. The molecule has 0 saturated heterocycles. The predicted molar refractivity (Wildman–Crippen MR) is 295 cm³/mol. The maximum atomic E-state index is 6.93. The Hall–Kier alpha value is -4.90. The molecule has 372 valence electrons. The first-order valence-electron chi connectivity index (χ1n) is 26.2. The maximum Gasteiger partial charge on any atom is 0.126 e. The van der Waals surface area contributed by atoms with Gasteiger partial charge in [-0.3, -0.25) is 0 Å². The van der Waals surface area contributed by atoms with Crippen LogP contribution < -0.4 is 9.47 Å². The first-order chi connectivity index (χ1) is 32.1. The lowest BCUT2D eigenvalue weighted by Gasteiger charge is -2.44. The number of ether oxygens (including phenoxy) is 2. The predicted octanol–water partition coefficient (Wildman–Crippen LogP) is 17.5. The van der Waals surface area contributed by atoms with Crippen LogP contribution in [0.25, 0.3) is 33.3 Å². The van der Waals surface area contributed by atoms with E-state index in [1.54, 1.807) is 0 Å². The van der Waals surface area contributed by atoms with Crippen LogP contribution in [0.4, 0.5) is 0 Å². The summed E-state index contributed by atoms with van der Waals surface area (Å²) in [7, 11) is 0. The van der Waals surface area contributed by atoms with Crippen molar-refractivity contribution in [3.05, 3.63) is 130 Å². The Bertz CT molecular complexity index is 2540. The van der Waals surface area contributed by atoms with Crippen LogP contribution in [0.2, 0.25) is 0 Å². The van der Waals surface area contributed by atoms with Crippen LogP contribution in [0.15, 0.2) is 97.1 Å². The molecule has 5 heteroatoms. The third kappa shape index (κ3) is 13.1. The molecule has 1 heterocycles. The van der Waals surface area contributed by atoms with Crippen LogP contribution in [0.3, 0.4) is 0 Å². The Morgan fingerprint density at radius 1 is 0.478 bits per heavy atom. The first kappa shape index (κ1) is 53.5. The molecule has 0 atom stereocenters. The van der Waals surface area contributed by atoms with E-state index >= 15 is 0 Å². The molecule has 0 fully saturated rings. The van der Waals surface area contributed by atoms with Crippen molar-refractivity contribution in [3.63, 3.8) is 0 Å². The molecule has 6 aromatic rings. The second-order valence-corrected chi connectivity index (χ2v) is 26.0. The molecule has 0 saturated carbocycles. The summed E-state index contributed by atoms with van der Waals surface area (Å²) in [5, 5.41) is 10.4. The minimum Gasteiger partial charge on any atom is -0.493 e. The van der Waals surface area contributed by atoms with Crippen LogP contribution in [0.5, 0.6) is 11.5 Å². The van der Waals surface area contributed by atoms with Crippen molar-refractivity contribution in [1.29, 1.82) is 0 Å². The van der Waals surface area contributed by atoms with E-state index in [4.69, 9.17) is 19.7 Å². The Labute approximate surface area is 419 Å². The molecule has 0 aliphatic heterocycles. The lowest BCUT2D eigenvalue weighted by molar-refractivity contribution is 0.181. The van der Waals surface area contributed by atoms with Gasteiger partial charge >= 0.3 is 0 Å². The van der Waals surface area contributed by atoms with Gasteiger partial charge in [-0.25, -0.2) is 0 Å². The second kappa shape index (κ2) is 20.8. The minimum absolute atomic E-state index is 0.0596. The number of hydrogen-bond acceptors (Lipinski definition) is 4. The maximum absolute atomic E-state index is 6.93. The molecule has 0 unspecified atom stereocenters. The van der Waals surface area contributed by atoms with Gasteiger partial charge in [-0.05, 0) is 109 Å². The fourth-order valence-electron chi connectivity index (χ4n) is 9.54. The Morgan fingerprint density at radius 3 is 1.41 bits per heavy atom. The molecule has 0 aliphatic rings. The molecule has 5 nitrogen and oxygen atoms in total. The zero-order valence-corrected chi connectivity index (χ0v) is 46.3. The van der Waals surface area contributed by atoms with Crippen molar-refractivity contribution in [2.45, 2.75) is 191 Å². The van der Waals surface area contributed by atoms with Crippen LogP contribution in [-0.4, -0.2) is 28.2 Å². The quantitative estimate of drug-likeness (QED) is 0.0806. The normalized spacial score (nSPS) is 13.1. The molecule has 0 N–H and O–H groups in total. The van der Waals surface area contributed by atoms with E-state index in [2.05, 4.69) is 222 Å². The third-order valence-corrected chi connectivity index (χ3v) is 14.5. The number of aromatic nitrogens is 3. The molecule has 0 spiro atoms. The van der Waals surface area contributed by atoms with Gasteiger partial charge in [-0.2, -0.15) is 15.0 Å². The molecule has 69 heavy (non-hydrogen) atoms. The van der Waals surface area contributed by atoms with Gasteiger partial charge in [0.1, 0.15) is 22.5 Å². The molecular weight excluding hydrogens is 843 g/mol. The van der Waals surface area contributed by atoms with Gasteiger partial charge < -0.3 is 9.47 Å². The second-order valence-electron chi connectivity index (χ2n) is 26.0. The van der Waals surface area contributed by atoms with Crippen LogP contribution >= 0.6 is 0 Å². The zero-order chi connectivity index (χ0) is 50.7. The summed E-state index contributed by atoms with van der Waals surface area (Å²) in [6.45, 7) is 43.7. The summed E-state index contributed by atoms with van der Waals surface area (Å²) in [4.78, 5) is 1.94. The van der Waals surface area contributed by atoms with Crippen molar-refractivity contribution >= 4 is 11.0 Å². The Kier molecular flexibility index (Phi) is 16.1.